The van der Waals surface area contributed by atoms with Crippen LogP contribution in [0.4, 0.5) is 5.82 Å². The van der Waals surface area contributed by atoms with Gasteiger partial charge in [-0.05, 0) is 31.0 Å². The van der Waals surface area contributed by atoms with Crippen molar-refractivity contribution >= 4 is 5.82 Å². The van der Waals surface area contributed by atoms with Gasteiger partial charge in [0.15, 0.2) is 0 Å². The van der Waals surface area contributed by atoms with E-state index in [2.05, 4.69) is 30.2 Å². The molecule has 0 aliphatic carbocycles. The number of anilines is 1. The van der Waals surface area contributed by atoms with E-state index in [0.29, 0.717) is 6.61 Å². The molecule has 1 heterocycles. The number of nitrogens with zero attached hydrogens (tertiary/aromatic N) is 1. The summed E-state index contributed by atoms with van der Waals surface area (Å²) < 4.78 is 5.70. The van der Waals surface area contributed by atoms with Crippen molar-refractivity contribution in [2.24, 2.45) is 0 Å². The van der Waals surface area contributed by atoms with E-state index in [4.69, 9.17) is 4.74 Å². The highest BCUT2D eigenvalue weighted by Gasteiger charge is 1.97. The third-order valence-electron chi connectivity index (χ3n) is 3.09. The Hall–Kier alpha value is -1.09. The number of pyridine rings is 1. The molecule has 108 valence electrons. The van der Waals surface area contributed by atoms with E-state index in [1.165, 1.54) is 44.1 Å². The first kappa shape index (κ1) is 16.0. The topological polar surface area (TPSA) is 34.1 Å². The van der Waals surface area contributed by atoms with Gasteiger partial charge in [-0.15, -0.1) is 0 Å². The Balaban J connectivity index is 2.07. The second-order valence-corrected chi connectivity index (χ2v) is 4.90. The number of rotatable bonds is 11. The molecule has 0 fully saturated rings. The molecule has 19 heavy (non-hydrogen) atoms. The van der Waals surface area contributed by atoms with Crippen LogP contribution in [0.15, 0.2) is 18.3 Å². The van der Waals surface area contributed by atoms with Gasteiger partial charge in [-0.2, -0.15) is 0 Å². The van der Waals surface area contributed by atoms with Crippen LogP contribution < -0.4 is 5.32 Å². The molecule has 0 aliphatic heterocycles. The third kappa shape index (κ3) is 7.83. The summed E-state index contributed by atoms with van der Waals surface area (Å²) >= 11 is 0. The zero-order chi connectivity index (χ0) is 13.8. The number of aromatic nitrogens is 1. The summed E-state index contributed by atoms with van der Waals surface area (Å²) in [6.45, 7) is 6.78. The average molecular weight is 264 g/mol. The maximum absolute atomic E-state index is 5.70. The molecule has 0 aromatic carbocycles. The van der Waals surface area contributed by atoms with E-state index in [9.17, 15) is 0 Å². The highest BCUT2D eigenvalue weighted by atomic mass is 16.5. The normalized spacial score (nSPS) is 10.6. The Morgan fingerprint density at radius 1 is 1.11 bits per heavy atom. The largest absolute Gasteiger partial charge is 0.377 e. The predicted octanol–water partition coefficient (Wildman–Crippen LogP) is 4.39. The van der Waals surface area contributed by atoms with Gasteiger partial charge < -0.3 is 10.1 Å². The fourth-order valence-corrected chi connectivity index (χ4v) is 2.02. The molecule has 0 radical (unpaired) electrons. The summed E-state index contributed by atoms with van der Waals surface area (Å²) in [5.74, 6) is 0.933. The van der Waals surface area contributed by atoms with Crippen molar-refractivity contribution in [2.75, 3.05) is 18.5 Å². The number of hydrogen-bond donors (Lipinski definition) is 1. The fourth-order valence-electron chi connectivity index (χ4n) is 2.02. The standard InChI is InChI=1S/C16H28N2O/c1-3-5-6-7-8-9-12-19-14-15-10-11-18-16(13-15)17-4-2/h10-11,13H,3-9,12,14H2,1-2H3,(H,17,18). The van der Waals surface area contributed by atoms with Gasteiger partial charge >= 0.3 is 0 Å². The molecule has 0 amide bonds. The lowest BCUT2D eigenvalue weighted by Gasteiger charge is -2.07. The lowest BCUT2D eigenvalue weighted by molar-refractivity contribution is 0.116. The molecule has 1 rings (SSSR count). The van der Waals surface area contributed by atoms with Crippen LogP contribution in [0, 0.1) is 0 Å². The minimum Gasteiger partial charge on any atom is -0.377 e. The highest BCUT2D eigenvalue weighted by molar-refractivity contribution is 5.36. The van der Waals surface area contributed by atoms with E-state index < -0.39 is 0 Å². The number of ether oxygens (including phenoxy) is 1. The van der Waals surface area contributed by atoms with E-state index in [-0.39, 0.29) is 0 Å². The molecule has 0 spiro atoms. The first-order chi connectivity index (χ1) is 9.36. The van der Waals surface area contributed by atoms with Crippen molar-refractivity contribution in [3.8, 4) is 0 Å². The summed E-state index contributed by atoms with van der Waals surface area (Å²) in [6.07, 6.45) is 9.69. The van der Waals surface area contributed by atoms with Gasteiger partial charge in [-0.1, -0.05) is 39.0 Å². The lowest BCUT2D eigenvalue weighted by Crippen LogP contribution is -2.01. The second-order valence-electron chi connectivity index (χ2n) is 4.90. The Morgan fingerprint density at radius 2 is 1.89 bits per heavy atom. The molecule has 0 saturated heterocycles. The van der Waals surface area contributed by atoms with E-state index >= 15 is 0 Å². The van der Waals surface area contributed by atoms with Crippen LogP contribution in [-0.2, 0) is 11.3 Å². The molecule has 0 unspecified atom stereocenters. The van der Waals surface area contributed by atoms with Crippen molar-refractivity contribution < 1.29 is 4.74 Å². The van der Waals surface area contributed by atoms with Gasteiger partial charge in [-0.3, -0.25) is 0 Å². The number of hydrogen-bond acceptors (Lipinski definition) is 3. The van der Waals surface area contributed by atoms with Crippen molar-refractivity contribution in [1.82, 2.24) is 4.98 Å². The van der Waals surface area contributed by atoms with Crippen molar-refractivity contribution in [3.05, 3.63) is 23.9 Å². The number of unbranched alkanes of at least 4 members (excludes halogenated alkanes) is 5. The molecular formula is C16H28N2O. The molecule has 3 nitrogen and oxygen atoms in total. The summed E-state index contributed by atoms with van der Waals surface area (Å²) in [5, 5.41) is 3.21. The van der Waals surface area contributed by atoms with Crippen LogP contribution in [0.1, 0.15) is 57.9 Å². The molecule has 0 atom stereocenters. The van der Waals surface area contributed by atoms with Crippen molar-refractivity contribution in [3.63, 3.8) is 0 Å². The molecule has 1 N–H and O–H groups in total. The molecule has 0 bridgehead atoms. The predicted molar refractivity (Wildman–Crippen MR) is 81.4 cm³/mol. The molecule has 0 aliphatic rings. The minimum absolute atomic E-state index is 0.690. The smallest absolute Gasteiger partial charge is 0.126 e. The zero-order valence-corrected chi connectivity index (χ0v) is 12.5. The third-order valence-corrected chi connectivity index (χ3v) is 3.09. The Labute approximate surface area is 117 Å². The summed E-state index contributed by atoms with van der Waals surface area (Å²) in [7, 11) is 0. The van der Waals surface area contributed by atoms with Crippen molar-refractivity contribution in [2.45, 2.75) is 59.0 Å². The SMILES string of the molecule is CCCCCCCCOCc1ccnc(NCC)c1. The summed E-state index contributed by atoms with van der Waals surface area (Å²) in [6, 6.07) is 4.08. The van der Waals surface area contributed by atoms with Crippen molar-refractivity contribution in [1.29, 1.82) is 0 Å². The maximum Gasteiger partial charge on any atom is 0.126 e. The Morgan fingerprint density at radius 3 is 2.68 bits per heavy atom. The van der Waals surface area contributed by atoms with Gasteiger partial charge in [0.1, 0.15) is 5.82 Å². The van der Waals surface area contributed by atoms with Gasteiger partial charge in [0, 0.05) is 19.3 Å². The molecule has 0 saturated carbocycles. The van der Waals surface area contributed by atoms with Crippen LogP contribution in [0.5, 0.6) is 0 Å². The summed E-state index contributed by atoms with van der Waals surface area (Å²) in [5.41, 5.74) is 1.19. The van der Waals surface area contributed by atoms with Gasteiger partial charge in [0.25, 0.3) is 0 Å². The fraction of sp³-hybridized carbons (Fsp3) is 0.688. The van der Waals surface area contributed by atoms with Crippen LogP contribution >= 0.6 is 0 Å². The first-order valence-corrected chi connectivity index (χ1v) is 7.63. The Kier molecular flexibility index (Phi) is 9.07. The van der Waals surface area contributed by atoms with E-state index in [1.54, 1.807) is 0 Å². The summed E-state index contributed by atoms with van der Waals surface area (Å²) in [4.78, 5) is 4.25. The highest BCUT2D eigenvalue weighted by Crippen LogP contribution is 2.09. The van der Waals surface area contributed by atoms with Gasteiger partial charge in [-0.25, -0.2) is 4.98 Å². The first-order valence-electron chi connectivity index (χ1n) is 7.63. The maximum atomic E-state index is 5.70. The molecule has 1 aromatic rings. The van der Waals surface area contributed by atoms with Gasteiger partial charge in [0.2, 0.25) is 0 Å². The van der Waals surface area contributed by atoms with Crippen LogP contribution in [0.3, 0.4) is 0 Å². The molecule has 3 heteroatoms. The second kappa shape index (κ2) is 10.8. The van der Waals surface area contributed by atoms with Crippen LogP contribution in [0.2, 0.25) is 0 Å². The lowest BCUT2D eigenvalue weighted by atomic mass is 10.1. The Bertz CT molecular complexity index is 328. The molecular weight excluding hydrogens is 236 g/mol. The minimum atomic E-state index is 0.690. The zero-order valence-electron chi connectivity index (χ0n) is 12.5. The monoisotopic (exact) mass is 264 g/mol. The average Bonchev–Trinajstić information content (AvgIpc) is 2.43. The molecule has 1 aromatic heterocycles. The van der Waals surface area contributed by atoms with Crippen LogP contribution in [0.25, 0.3) is 0 Å². The van der Waals surface area contributed by atoms with Crippen LogP contribution in [-0.4, -0.2) is 18.1 Å². The van der Waals surface area contributed by atoms with Gasteiger partial charge in [0.05, 0.1) is 6.61 Å². The van der Waals surface area contributed by atoms with E-state index in [0.717, 1.165) is 19.0 Å². The number of nitrogens with one attached hydrogen (secondary N) is 1. The quantitative estimate of drug-likeness (QED) is 0.602. The van der Waals surface area contributed by atoms with E-state index in [1.807, 2.05) is 12.3 Å².